The van der Waals surface area contributed by atoms with Crippen LogP contribution >= 0.6 is 0 Å². The highest BCUT2D eigenvalue weighted by molar-refractivity contribution is 5.23. The molecule has 1 heterocycles. The predicted molar refractivity (Wildman–Crippen MR) is 44.8 cm³/mol. The van der Waals surface area contributed by atoms with Crippen molar-refractivity contribution >= 4 is 0 Å². The zero-order valence-electron chi connectivity index (χ0n) is 7.49. The van der Waals surface area contributed by atoms with Gasteiger partial charge in [0.2, 0.25) is 6.54 Å². The zero-order chi connectivity index (χ0) is 11.5. The highest BCUT2D eigenvalue weighted by Crippen LogP contribution is 2.30. The summed E-state index contributed by atoms with van der Waals surface area (Å²) in [6.45, 7) is -0.555. The maximum Gasteiger partial charge on any atom is 0.418 e. The average molecular weight is 220 g/mol. The molecular weight excluding hydrogens is 213 g/mol. The van der Waals surface area contributed by atoms with Crippen LogP contribution < -0.4 is 0 Å². The SMILES string of the molecule is O=[N+]([O-])CCc1ncccc1C(F)(F)F. The molecule has 0 aliphatic carbocycles. The molecule has 0 N–H and O–H groups in total. The molecule has 1 rings (SSSR count). The van der Waals surface area contributed by atoms with Crippen molar-refractivity contribution in [3.8, 4) is 0 Å². The first-order chi connectivity index (χ1) is 6.91. The third-order valence-corrected chi connectivity index (χ3v) is 1.73. The molecule has 0 saturated heterocycles. The lowest BCUT2D eigenvalue weighted by Gasteiger charge is -2.09. The summed E-state index contributed by atoms with van der Waals surface area (Å²) in [6, 6.07) is 2.01. The van der Waals surface area contributed by atoms with E-state index in [1.54, 1.807) is 0 Å². The first-order valence-corrected chi connectivity index (χ1v) is 4.04. The Hall–Kier alpha value is -1.66. The van der Waals surface area contributed by atoms with Crippen molar-refractivity contribution in [2.24, 2.45) is 0 Å². The van der Waals surface area contributed by atoms with E-state index in [9.17, 15) is 23.3 Å². The van der Waals surface area contributed by atoms with Crippen molar-refractivity contribution in [1.82, 2.24) is 4.98 Å². The smallest absolute Gasteiger partial charge is 0.265 e. The van der Waals surface area contributed by atoms with E-state index in [1.165, 1.54) is 6.20 Å². The number of alkyl halides is 3. The van der Waals surface area contributed by atoms with Gasteiger partial charge in [0.15, 0.2) is 0 Å². The van der Waals surface area contributed by atoms with Crippen LogP contribution in [0.5, 0.6) is 0 Å². The van der Waals surface area contributed by atoms with Gasteiger partial charge < -0.3 is 0 Å². The molecule has 0 unspecified atom stereocenters. The molecule has 7 heteroatoms. The van der Waals surface area contributed by atoms with Crippen LogP contribution in [0, 0.1) is 10.1 Å². The summed E-state index contributed by atoms with van der Waals surface area (Å²) < 4.78 is 37.1. The van der Waals surface area contributed by atoms with E-state index in [2.05, 4.69) is 4.98 Å². The van der Waals surface area contributed by atoms with Gasteiger partial charge in [-0.1, -0.05) is 0 Å². The molecule has 0 aliphatic rings. The number of pyridine rings is 1. The molecule has 0 saturated carbocycles. The van der Waals surface area contributed by atoms with Gasteiger partial charge in [0.05, 0.1) is 17.7 Å². The van der Waals surface area contributed by atoms with Gasteiger partial charge >= 0.3 is 6.18 Å². The molecule has 0 atom stereocenters. The third-order valence-electron chi connectivity index (χ3n) is 1.73. The Morgan fingerprint density at radius 1 is 1.47 bits per heavy atom. The van der Waals surface area contributed by atoms with Gasteiger partial charge in [0.25, 0.3) is 0 Å². The molecule has 0 aliphatic heterocycles. The van der Waals surface area contributed by atoms with Gasteiger partial charge in [-0.2, -0.15) is 13.2 Å². The van der Waals surface area contributed by atoms with Gasteiger partial charge in [0, 0.05) is 11.1 Å². The van der Waals surface area contributed by atoms with Gasteiger partial charge in [0.1, 0.15) is 0 Å². The predicted octanol–water partition coefficient (Wildman–Crippen LogP) is 1.92. The first kappa shape index (κ1) is 11.4. The minimum absolute atomic E-state index is 0.290. The van der Waals surface area contributed by atoms with E-state index in [1.807, 2.05) is 0 Å². The summed E-state index contributed by atoms with van der Waals surface area (Å²) in [7, 11) is 0. The lowest BCUT2D eigenvalue weighted by atomic mass is 10.1. The maximum atomic E-state index is 12.4. The zero-order valence-corrected chi connectivity index (χ0v) is 7.49. The maximum absolute atomic E-state index is 12.4. The summed E-state index contributed by atoms with van der Waals surface area (Å²) in [5.74, 6) is 0. The highest BCUT2D eigenvalue weighted by atomic mass is 19.4. The number of hydrogen-bond donors (Lipinski definition) is 0. The van der Waals surface area contributed by atoms with Crippen molar-refractivity contribution in [2.45, 2.75) is 12.6 Å². The quantitative estimate of drug-likeness (QED) is 0.577. The van der Waals surface area contributed by atoms with Crippen molar-refractivity contribution < 1.29 is 18.1 Å². The largest absolute Gasteiger partial charge is 0.418 e. The second-order valence-electron chi connectivity index (χ2n) is 2.80. The topological polar surface area (TPSA) is 56.0 Å². The number of nitrogens with zero attached hydrogens (tertiary/aromatic N) is 2. The van der Waals surface area contributed by atoms with Crippen LogP contribution in [0.1, 0.15) is 11.3 Å². The summed E-state index contributed by atoms with van der Waals surface area (Å²) in [5, 5.41) is 10.0. The molecule has 0 bridgehead atoms. The lowest BCUT2D eigenvalue weighted by molar-refractivity contribution is -0.479. The van der Waals surface area contributed by atoms with Crippen LogP contribution in [0.3, 0.4) is 0 Å². The Labute approximate surface area is 82.9 Å². The lowest BCUT2D eigenvalue weighted by Crippen LogP contribution is -2.13. The minimum Gasteiger partial charge on any atom is -0.265 e. The number of halogens is 3. The van der Waals surface area contributed by atoms with Crippen molar-refractivity contribution in [3.05, 3.63) is 39.7 Å². The van der Waals surface area contributed by atoms with Crippen LogP contribution in [0.15, 0.2) is 18.3 Å². The second kappa shape index (κ2) is 4.24. The number of hydrogen-bond acceptors (Lipinski definition) is 3. The van der Waals surface area contributed by atoms with Gasteiger partial charge in [-0.3, -0.25) is 15.1 Å². The third kappa shape index (κ3) is 3.19. The first-order valence-electron chi connectivity index (χ1n) is 4.04. The number of aromatic nitrogens is 1. The monoisotopic (exact) mass is 220 g/mol. The van der Waals surface area contributed by atoms with Crippen LogP contribution in [0.2, 0.25) is 0 Å². The molecular formula is C8H7F3N2O2. The van der Waals surface area contributed by atoms with Gasteiger partial charge in [-0.15, -0.1) is 0 Å². The Morgan fingerprint density at radius 2 is 2.13 bits per heavy atom. The molecule has 15 heavy (non-hydrogen) atoms. The number of nitro groups is 1. The van der Waals surface area contributed by atoms with Crippen molar-refractivity contribution in [1.29, 1.82) is 0 Å². The summed E-state index contributed by atoms with van der Waals surface area (Å²) in [4.78, 5) is 12.9. The van der Waals surface area contributed by atoms with Crippen LogP contribution in [-0.2, 0) is 12.6 Å². The average Bonchev–Trinajstić information content (AvgIpc) is 2.13. The molecule has 0 amide bonds. The Morgan fingerprint density at radius 3 is 2.67 bits per heavy atom. The fourth-order valence-electron chi connectivity index (χ4n) is 1.09. The van der Waals surface area contributed by atoms with E-state index >= 15 is 0 Å². The fraction of sp³-hybridized carbons (Fsp3) is 0.375. The van der Waals surface area contributed by atoms with E-state index < -0.39 is 23.2 Å². The van der Waals surface area contributed by atoms with E-state index in [4.69, 9.17) is 0 Å². The number of rotatable bonds is 3. The Balaban J connectivity index is 2.92. The molecule has 0 fully saturated rings. The van der Waals surface area contributed by atoms with E-state index in [0.717, 1.165) is 12.1 Å². The molecule has 4 nitrogen and oxygen atoms in total. The normalized spacial score (nSPS) is 11.4. The Bertz CT molecular complexity index is 365. The molecule has 1 aromatic heterocycles. The molecule has 0 aromatic carbocycles. The van der Waals surface area contributed by atoms with Gasteiger partial charge in [-0.05, 0) is 12.1 Å². The van der Waals surface area contributed by atoms with E-state index in [0.29, 0.717) is 0 Å². The van der Waals surface area contributed by atoms with Crippen LogP contribution in [0.4, 0.5) is 13.2 Å². The molecule has 0 spiro atoms. The summed E-state index contributed by atoms with van der Waals surface area (Å²) >= 11 is 0. The molecule has 1 aromatic rings. The van der Waals surface area contributed by atoms with Crippen LogP contribution in [-0.4, -0.2) is 16.5 Å². The van der Waals surface area contributed by atoms with Crippen molar-refractivity contribution in [3.63, 3.8) is 0 Å². The summed E-state index contributed by atoms with van der Waals surface area (Å²) in [6.07, 6.45) is -3.65. The van der Waals surface area contributed by atoms with Gasteiger partial charge in [-0.25, -0.2) is 0 Å². The molecule has 82 valence electrons. The van der Waals surface area contributed by atoms with Crippen molar-refractivity contribution in [2.75, 3.05) is 6.54 Å². The van der Waals surface area contributed by atoms with E-state index in [-0.39, 0.29) is 12.1 Å². The standard InChI is InChI=1S/C8H7F3N2O2/c9-8(10,11)6-2-1-4-12-7(6)3-5-13(14)15/h1-2,4H,3,5H2. The molecule has 0 radical (unpaired) electrons. The minimum atomic E-state index is -4.51. The van der Waals surface area contributed by atoms with Crippen LogP contribution in [0.25, 0.3) is 0 Å². The summed E-state index contributed by atoms with van der Waals surface area (Å²) in [5.41, 5.74) is -1.20. The Kier molecular flexibility index (Phi) is 3.23. The fourth-order valence-corrected chi connectivity index (χ4v) is 1.09. The highest BCUT2D eigenvalue weighted by Gasteiger charge is 2.33. The second-order valence-corrected chi connectivity index (χ2v) is 2.80.